The van der Waals surface area contributed by atoms with Crippen LogP contribution in [0.2, 0.25) is 0 Å². The van der Waals surface area contributed by atoms with Gasteiger partial charge in [0.05, 0.1) is 23.5 Å². The number of nitrogens with zero attached hydrogens (tertiary/aromatic N) is 2. The monoisotopic (exact) mass is 218 g/mol. The standard InChI is InChI=1S/C12H14N2O2/c1-8(12(15)16)5-10-3-4-14-7-13-9(2)11(14)6-10/h3-4,6-8H,5H2,1-2H3,(H,15,16). The van der Waals surface area contributed by atoms with Gasteiger partial charge in [-0.25, -0.2) is 4.98 Å². The Kier molecular flexibility index (Phi) is 2.64. The van der Waals surface area contributed by atoms with Crippen LogP contribution < -0.4 is 0 Å². The second kappa shape index (κ2) is 3.96. The van der Waals surface area contributed by atoms with E-state index in [0.717, 1.165) is 16.8 Å². The lowest BCUT2D eigenvalue weighted by Crippen LogP contribution is -2.12. The Labute approximate surface area is 93.5 Å². The average molecular weight is 218 g/mol. The van der Waals surface area contributed by atoms with Gasteiger partial charge in [0, 0.05) is 6.20 Å². The number of imidazole rings is 1. The van der Waals surface area contributed by atoms with Crippen molar-refractivity contribution < 1.29 is 9.90 Å². The number of carboxylic acids is 1. The highest BCUT2D eigenvalue weighted by molar-refractivity contribution is 5.70. The fourth-order valence-corrected chi connectivity index (χ4v) is 1.73. The van der Waals surface area contributed by atoms with E-state index in [1.165, 1.54) is 0 Å². The van der Waals surface area contributed by atoms with Crippen molar-refractivity contribution in [1.29, 1.82) is 0 Å². The first kappa shape index (κ1) is 10.7. The third kappa shape index (κ3) is 1.91. The minimum Gasteiger partial charge on any atom is -0.481 e. The largest absolute Gasteiger partial charge is 0.481 e. The number of pyridine rings is 1. The van der Waals surface area contributed by atoms with Gasteiger partial charge < -0.3 is 9.51 Å². The summed E-state index contributed by atoms with van der Waals surface area (Å²) in [6.07, 6.45) is 4.23. The molecule has 16 heavy (non-hydrogen) atoms. The maximum absolute atomic E-state index is 10.8. The summed E-state index contributed by atoms with van der Waals surface area (Å²) in [7, 11) is 0. The SMILES string of the molecule is Cc1ncn2ccc(CC(C)C(=O)O)cc12. The smallest absolute Gasteiger partial charge is 0.306 e. The first-order valence-electron chi connectivity index (χ1n) is 5.23. The van der Waals surface area contributed by atoms with Gasteiger partial charge in [-0.2, -0.15) is 0 Å². The van der Waals surface area contributed by atoms with E-state index in [4.69, 9.17) is 5.11 Å². The van der Waals surface area contributed by atoms with Crippen LogP contribution in [0.1, 0.15) is 18.2 Å². The lowest BCUT2D eigenvalue weighted by Gasteiger charge is -2.06. The average Bonchev–Trinajstić information content (AvgIpc) is 2.60. The Morgan fingerprint density at radius 2 is 2.38 bits per heavy atom. The van der Waals surface area contributed by atoms with Crippen LogP contribution >= 0.6 is 0 Å². The summed E-state index contributed by atoms with van der Waals surface area (Å²) < 4.78 is 1.93. The highest BCUT2D eigenvalue weighted by Gasteiger charge is 2.12. The molecule has 0 saturated carbocycles. The highest BCUT2D eigenvalue weighted by atomic mass is 16.4. The molecule has 2 aromatic heterocycles. The van der Waals surface area contributed by atoms with E-state index >= 15 is 0 Å². The molecular formula is C12H14N2O2. The quantitative estimate of drug-likeness (QED) is 0.856. The summed E-state index contributed by atoms with van der Waals surface area (Å²) in [5.74, 6) is -1.12. The molecule has 0 saturated heterocycles. The van der Waals surface area contributed by atoms with Crippen LogP contribution in [0.15, 0.2) is 24.7 Å². The second-order valence-corrected chi connectivity index (χ2v) is 4.10. The third-order valence-corrected chi connectivity index (χ3v) is 2.76. The molecule has 1 atom stereocenters. The maximum Gasteiger partial charge on any atom is 0.306 e. The molecule has 84 valence electrons. The topological polar surface area (TPSA) is 54.6 Å². The molecule has 0 amide bonds. The Bertz CT molecular complexity index is 531. The van der Waals surface area contributed by atoms with E-state index in [1.54, 1.807) is 13.3 Å². The predicted octanol–water partition coefficient (Wildman–Crippen LogP) is 1.91. The summed E-state index contributed by atoms with van der Waals surface area (Å²) in [5, 5.41) is 8.85. The molecule has 2 heterocycles. The second-order valence-electron chi connectivity index (χ2n) is 4.10. The van der Waals surface area contributed by atoms with Crippen molar-refractivity contribution in [3.05, 3.63) is 35.9 Å². The molecule has 1 unspecified atom stereocenters. The summed E-state index contributed by atoms with van der Waals surface area (Å²) in [4.78, 5) is 15.0. The predicted molar refractivity (Wildman–Crippen MR) is 60.4 cm³/mol. The van der Waals surface area contributed by atoms with Gasteiger partial charge in [0.2, 0.25) is 0 Å². The number of hydrogen-bond acceptors (Lipinski definition) is 2. The van der Waals surface area contributed by atoms with Crippen LogP contribution in [-0.2, 0) is 11.2 Å². The lowest BCUT2D eigenvalue weighted by molar-refractivity contribution is -0.141. The van der Waals surface area contributed by atoms with Crippen LogP contribution in [0.3, 0.4) is 0 Å². The molecule has 2 aromatic rings. The van der Waals surface area contributed by atoms with Gasteiger partial charge in [-0.3, -0.25) is 4.79 Å². The summed E-state index contributed by atoms with van der Waals surface area (Å²) >= 11 is 0. The van der Waals surface area contributed by atoms with Gasteiger partial charge in [-0.15, -0.1) is 0 Å². The zero-order valence-electron chi connectivity index (χ0n) is 9.34. The number of aryl methyl sites for hydroxylation is 1. The number of aliphatic carboxylic acids is 1. The molecule has 0 aliphatic rings. The van der Waals surface area contributed by atoms with Crippen LogP contribution in [0.4, 0.5) is 0 Å². The van der Waals surface area contributed by atoms with Crippen LogP contribution in [-0.4, -0.2) is 20.5 Å². The van der Waals surface area contributed by atoms with Gasteiger partial charge in [0.25, 0.3) is 0 Å². The zero-order valence-corrected chi connectivity index (χ0v) is 9.34. The van der Waals surface area contributed by atoms with Crippen LogP contribution in [0.5, 0.6) is 0 Å². The molecule has 4 nitrogen and oxygen atoms in total. The lowest BCUT2D eigenvalue weighted by atomic mass is 10.0. The van der Waals surface area contributed by atoms with E-state index < -0.39 is 5.97 Å². The fourth-order valence-electron chi connectivity index (χ4n) is 1.73. The first-order valence-corrected chi connectivity index (χ1v) is 5.23. The van der Waals surface area contributed by atoms with Gasteiger partial charge in [-0.05, 0) is 31.0 Å². The Morgan fingerprint density at radius 1 is 1.62 bits per heavy atom. The number of hydrogen-bond donors (Lipinski definition) is 1. The molecule has 0 aliphatic carbocycles. The third-order valence-electron chi connectivity index (χ3n) is 2.76. The van der Waals surface area contributed by atoms with Crippen LogP contribution in [0, 0.1) is 12.8 Å². The molecule has 0 aromatic carbocycles. The molecule has 1 N–H and O–H groups in total. The van der Waals surface area contributed by atoms with E-state index in [1.807, 2.05) is 29.7 Å². The minimum absolute atomic E-state index is 0.356. The summed E-state index contributed by atoms with van der Waals surface area (Å²) in [6, 6.07) is 3.94. The van der Waals surface area contributed by atoms with Gasteiger partial charge in [-0.1, -0.05) is 6.92 Å². The molecule has 0 fully saturated rings. The molecule has 4 heteroatoms. The Hall–Kier alpha value is -1.84. The van der Waals surface area contributed by atoms with E-state index in [0.29, 0.717) is 6.42 Å². The van der Waals surface area contributed by atoms with Gasteiger partial charge in [0.15, 0.2) is 0 Å². The van der Waals surface area contributed by atoms with Gasteiger partial charge in [0.1, 0.15) is 0 Å². The number of rotatable bonds is 3. The number of fused-ring (bicyclic) bond motifs is 1. The molecular weight excluding hydrogens is 204 g/mol. The van der Waals surface area contributed by atoms with Crippen molar-refractivity contribution in [2.24, 2.45) is 5.92 Å². The van der Waals surface area contributed by atoms with Crippen molar-refractivity contribution in [2.75, 3.05) is 0 Å². The van der Waals surface area contributed by atoms with Gasteiger partial charge >= 0.3 is 5.97 Å². The fraction of sp³-hybridized carbons (Fsp3) is 0.333. The zero-order chi connectivity index (χ0) is 11.7. The van der Waals surface area contributed by atoms with E-state index in [-0.39, 0.29) is 5.92 Å². The minimum atomic E-state index is -0.759. The molecule has 0 spiro atoms. The van der Waals surface area contributed by atoms with Crippen molar-refractivity contribution in [3.63, 3.8) is 0 Å². The molecule has 0 radical (unpaired) electrons. The van der Waals surface area contributed by atoms with E-state index in [2.05, 4.69) is 4.98 Å². The van der Waals surface area contributed by atoms with Crippen molar-refractivity contribution in [1.82, 2.24) is 9.38 Å². The molecule has 0 aliphatic heterocycles. The number of aromatic nitrogens is 2. The maximum atomic E-state index is 10.8. The first-order chi connectivity index (χ1) is 7.58. The van der Waals surface area contributed by atoms with E-state index in [9.17, 15) is 4.79 Å². The van der Waals surface area contributed by atoms with Crippen molar-refractivity contribution >= 4 is 11.5 Å². The van der Waals surface area contributed by atoms with Crippen molar-refractivity contribution in [2.45, 2.75) is 20.3 Å². The van der Waals surface area contributed by atoms with Crippen LogP contribution in [0.25, 0.3) is 5.52 Å². The normalized spacial score (nSPS) is 12.9. The Morgan fingerprint density at radius 3 is 3.06 bits per heavy atom. The number of carbonyl (C=O) groups is 1. The highest BCUT2D eigenvalue weighted by Crippen LogP contribution is 2.14. The number of carboxylic acid groups (broad SMARTS) is 1. The summed E-state index contributed by atoms with van der Waals surface area (Å²) in [6.45, 7) is 3.66. The Balaban J connectivity index is 2.32. The molecule has 0 bridgehead atoms. The van der Waals surface area contributed by atoms with Crippen molar-refractivity contribution in [3.8, 4) is 0 Å². The molecule has 2 rings (SSSR count). The summed E-state index contributed by atoms with van der Waals surface area (Å²) in [5.41, 5.74) is 3.03.